The maximum Gasteiger partial charge on any atom is 0.337 e. The van der Waals surface area contributed by atoms with E-state index in [9.17, 15) is 13.2 Å². The van der Waals surface area contributed by atoms with Crippen molar-refractivity contribution >= 4 is 21.7 Å². The van der Waals surface area contributed by atoms with Gasteiger partial charge in [0.25, 0.3) is 0 Å². The molecule has 2 unspecified atom stereocenters. The standard InChI is InChI=1S/C13H18N2O4S/c1-8-2-4-10(6-8)15-20(18,19)12-7-9(14)3-5-11(12)13(16)17/h3,5,7-8,10,15H,2,4,6,14H2,1H3,(H,16,17). The Morgan fingerprint density at radius 1 is 1.40 bits per heavy atom. The zero-order valence-corrected chi connectivity index (χ0v) is 12.0. The van der Waals surface area contributed by atoms with Gasteiger partial charge in [0.15, 0.2) is 0 Å². The molecule has 110 valence electrons. The topological polar surface area (TPSA) is 109 Å². The van der Waals surface area contributed by atoms with Crippen molar-refractivity contribution < 1.29 is 18.3 Å². The van der Waals surface area contributed by atoms with Crippen molar-refractivity contribution in [2.45, 2.75) is 37.1 Å². The Morgan fingerprint density at radius 2 is 2.10 bits per heavy atom. The molecule has 1 aliphatic carbocycles. The lowest BCUT2D eigenvalue weighted by molar-refractivity contribution is 0.0692. The quantitative estimate of drug-likeness (QED) is 0.728. The van der Waals surface area contributed by atoms with Gasteiger partial charge in [-0.1, -0.05) is 6.92 Å². The van der Waals surface area contributed by atoms with E-state index in [1.165, 1.54) is 18.2 Å². The third-order valence-electron chi connectivity index (χ3n) is 3.54. The normalized spacial score (nSPS) is 22.9. The summed E-state index contributed by atoms with van der Waals surface area (Å²) in [6.45, 7) is 2.07. The molecule has 6 nitrogen and oxygen atoms in total. The Bertz CT molecular complexity index is 627. The lowest BCUT2D eigenvalue weighted by Gasteiger charge is -2.14. The van der Waals surface area contributed by atoms with E-state index < -0.39 is 16.0 Å². The van der Waals surface area contributed by atoms with Crippen molar-refractivity contribution in [3.05, 3.63) is 23.8 Å². The number of carboxylic acid groups (broad SMARTS) is 1. The number of rotatable bonds is 4. The highest BCUT2D eigenvalue weighted by Crippen LogP contribution is 2.27. The number of nitrogen functional groups attached to an aromatic ring is 1. The second-order valence-corrected chi connectivity index (χ2v) is 6.98. The van der Waals surface area contributed by atoms with Gasteiger partial charge >= 0.3 is 5.97 Å². The predicted octanol–water partition coefficient (Wildman–Crippen LogP) is 1.43. The zero-order chi connectivity index (χ0) is 14.9. The molecule has 1 saturated carbocycles. The molecule has 1 aromatic carbocycles. The first-order valence-corrected chi connectivity index (χ1v) is 7.93. The van der Waals surface area contributed by atoms with Crippen molar-refractivity contribution in [3.8, 4) is 0 Å². The Kier molecular flexibility index (Phi) is 4.01. The van der Waals surface area contributed by atoms with E-state index >= 15 is 0 Å². The smallest absolute Gasteiger partial charge is 0.337 e. The molecule has 7 heteroatoms. The summed E-state index contributed by atoms with van der Waals surface area (Å²) < 4.78 is 27.3. The van der Waals surface area contributed by atoms with Gasteiger partial charge in [-0.15, -0.1) is 0 Å². The molecular weight excluding hydrogens is 280 g/mol. The molecule has 0 aromatic heterocycles. The van der Waals surface area contributed by atoms with Gasteiger partial charge in [0.2, 0.25) is 10.0 Å². The molecule has 20 heavy (non-hydrogen) atoms. The number of carbonyl (C=O) groups is 1. The van der Waals surface area contributed by atoms with Crippen LogP contribution in [0.5, 0.6) is 0 Å². The van der Waals surface area contributed by atoms with E-state index in [-0.39, 0.29) is 22.2 Å². The van der Waals surface area contributed by atoms with Crippen LogP contribution in [0.3, 0.4) is 0 Å². The zero-order valence-electron chi connectivity index (χ0n) is 11.2. The molecule has 4 N–H and O–H groups in total. The van der Waals surface area contributed by atoms with Gasteiger partial charge < -0.3 is 10.8 Å². The summed E-state index contributed by atoms with van der Waals surface area (Å²) in [5, 5.41) is 9.09. The van der Waals surface area contributed by atoms with Crippen LogP contribution in [0.4, 0.5) is 5.69 Å². The summed E-state index contributed by atoms with van der Waals surface area (Å²) >= 11 is 0. The SMILES string of the molecule is CC1CCC(NS(=O)(=O)c2cc(N)ccc2C(=O)O)C1. The fraction of sp³-hybridized carbons (Fsp3) is 0.462. The van der Waals surface area contributed by atoms with Crippen LogP contribution in [0.15, 0.2) is 23.1 Å². The van der Waals surface area contributed by atoms with E-state index in [4.69, 9.17) is 10.8 Å². The number of anilines is 1. The lowest BCUT2D eigenvalue weighted by Crippen LogP contribution is -2.34. The van der Waals surface area contributed by atoms with E-state index in [2.05, 4.69) is 11.6 Å². The molecule has 0 aliphatic heterocycles. The van der Waals surface area contributed by atoms with Crippen molar-refractivity contribution in [3.63, 3.8) is 0 Å². The van der Waals surface area contributed by atoms with Gasteiger partial charge in [-0.25, -0.2) is 17.9 Å². The Morgan fingerprint density at radius 3 is 2.65 bits per heavy atom. The maximum atomic E-state index is 12.3. The minimum absolute atomic E-state index is 0.141. The average molecular weight is 298 g/mol. The molecule has 0 bridgehead atoms. The van der Waals surface area contributed by atoms with Gasteiger partial charge in [0.05, 0.1) is 10.5 Å². The van der Waals surface area contributed by atoms with Crippen molar-refractivity contribution in [1.82, 2.24) is 4.72 Å². The lowest BCUT2D eigenvalue weighted by atomic mass is 10.1. The summed E-state index contributed by atoms with van der Waals surface area (Å²) in [5.41, 5.74) is 5.52. The number of nitrogens with two attached hydrogens (primary N) is 1. The highest BCUT2D eigenvalue weighted by molar-refractivity contribution is 7.89. The molecule has 1 aromatic rings. The van der Waals surface area contributed by atoms with E-state index in [0.29, 0.717) is 5.92 Å². The molecule has 1 aliphatic rings. The first-order valence-electron chi connectivity index (χ1n) is 6.45. The van der Waals surface area contributed by atoms with Crippen LogP contribution >= 0.6 is 0 Å². The molecular formula is C13H18N2O4S. The number of aromatic carboxylic acids is 1. The van der Waals surface area contributed by atoms with E-state index in [1.54, 1.807) is 0 Å². The summed E-state index contributed by atoms with van der Waals surface area (Å²) in [4.78, 5) is 10.9. The van der Waals surface area contributed by atoms with Gasteiger partial charge in [-0.2, -0.15) is 0 Å². The average Bonchev–Trinajstić information content (AvgIpc) is 2.73. The van der Waals surface area contributed by atoms with Gasteiger partial charge in [-0.05, 0) is 43.4 Å². The molecule has 0 amide bonds. The minimum Gasteiger partial charge on any atom is -0.478 e. The molecule has 2 rings (SSSR count). The van der Waals surface area contributed by atoms with Crippen LogP contribution < -0.4 is 10.5 Å². The Hall–Kier alpha value is -1.60. The number of carboxylic acids is 1. The molecule has 0 heterocycles. The molecule has 0 spiro atoms. The summed E-state index contributed by atoms with van der Waals surface area (Å²) in [6.07, 6.45) is 2.50. The summed E-state index contributed by atoms with van der Waals surface area (Å²) in [7, 11) is -3.88. The fourth-order valence-electron chi connectivity index (χ4n) is 2.53. The van der Waals surface area contributed by atoms with E-state index in [0.717, 1.165) is 19.3 Å². The van der Waals surface area contributed by atoms with Gasteiger partial charge in [0, 0.05) is 11.7 Å². The number of benzene rings is 1. The van der Waals surface area contributed by atoms with Gasteiger partial charge in [0.1, 0.15) is 0 Å². The maximum absolute atomic E-state index is 12.3. The third kappa shape index (κ3) is 3.10. The van der Waals surface area contributed by atoms with Crippen molar-refractivity contribution in [1.29, 1.82) is 0 Å². The van der Waals surface area contributed by atoms with Gasteiger partial charge in [-0.3, -0.25) is 0 Å². The highest BCUT2D eigenvalue weighted by Gasteiger charge is 2.29. The summed E-state index contributed by atoms with van der Waals surface area (Å²) in [5.74, 6) is -0.812. The van der Waals surface area contributed by atoms with Crippen LogP contribution in [0.25, 0.3) is 0 Å². The van der Waals surface area contributed by atoms with Crippen LogP contribution in [0.1, 0.15) is 36.5 Å². The predicted molar refractivity (Wildman–Crippen MR) is 74.9 cm³/mol. The largest absolute Gasteiger partial charge is 0.478 e. The number of nitrogens with one attached hydrogen (secondary N) is 1. The first kappa shape index (κ1) is 14.8. The molecule has 2 atom stereocenters. The first-order chi connectivity index (χ1) is 9.29. The van der Waals surface area contributed by atoms with Crippen LogP contribution in [0.2, 0.25) is 0 Å². The third-order valence-corrected chi connectivity index (χ3v) is 5.10. The second kappa shape index (κ2) is 5.41. The van der Waals surface area contributed by atoms with Crippen molar-refractivity contribution in [2.24, 2.45) is 5.92 Å². The van der Waals surface area contributed by atoms with Crippen molar-refractivity contribution in [2.75, 3.05) is 5.73 Å². The fourth-order valence-corrected chi connectivity index (χ4v) is 4.05. The molecule has 0 saturated heterocycles. The van der Waals surface area contributed by atoms with Crippen LogP contribution in [-0.4, -0.2) is 25.5 Å². The number of sulfonamides is 1. The monoisotopic (exact) mass is 298 g/mol. The van der Waals surface area contributed by atoms with E-state index in [1.807, 2.05) is 0 Å². The highest BCUT2D eigenvalue weighted by atomic mass is 32.2. The minimum atomic E-state index is -3.88. The molecule has 0 radical (unpaired) electrons. The number of hydrogen-bond acceptors (Lipinski definition) is 4. The second-order valence-electron chi connectivity index (χ2n) is 5.30. The van der Waals surface area contributed by atoms with Crippen LogP contribution in [0, 0.1) is 5.92 Å². The molecule has 1 fully saturated rings. The Balaban J connectivity index is 2.33. The summed E-state index contributed by atoms with van der Waals surface area (Å²) in [6, 6.07) is 3.63. The van der Waals surface area contributed by atoms with Crippen LogP contribution in [-0.2, 0) is 10.0 Å². The Labute approximate surface area is 118 Å². The number of hydrogen-bond donors (Lipinski definition) is 3.